The second-order valence-corrected chi connectivity index (χ2v) is 7.51. The number of benzene rings is 1. The molecule has 3 aliphatic rings. The Labute approximate surface area is 164 Å². The Morgan fingerprint density at radius 2 is 2.31 bits per heavy atom. The van der Waals surface area contributed by atoms with Crippen LogP contribution in [-0.4, -0.2) is 53.5 Å². The highest BCUT2D eigenvalue weighted by atomic mass is 35.5. The van der Waals surface area contributed by atoms with Crippen LogP contribution in [0.2, 0.25) is 5.02 Å². The standard InChI is InChI=1S/C16H15ClN4O3S2/c17-10-5-9(19-14(22)11-7-26-8-18-11)1-2-12(10)21-15(23)13-6-24-4-3-20(13)16(21)25/h1-2,5,7,13,18H,3-4,6,8H2,(H,19,22). The average Bonchev–Trinajstić information content (AvgIpc) is 3.25. The van der Waals surface area contributed by atoms with Gasteiger partial charge in [0.2, 0.25) is 0 Å². The zero-order valence-electron chi connectivity index (χ0n) is 13.5. The third kappa shape index (κ3) is 3.05. The van der Waals surface area contributed by atoms with Gasteiger partial charge in [-0.15, -0.1) is 11.8 Å². The summed E-state index contributed by atoms with van der Waals surface area (Å²) in [6.45, 7) is 1.44. The van der Waals surface area contributed by atoms with Crippen LogP contribution in [0.4, 0.5) is 11.4 Å². The Kier molecular flexibility index (Phi) is 4.78. The lowest BCUT2D eigenvalue weighted by atomic mass is 10.2. The number of carbonyl (C=O) groups excluding carboxylic acids is 2. The Morgan fingerprint density at radius 1 is 1.46 bits per heavy atom. The summed E-state index contributed by atoms with van der Waals surface area (Å²) >= 11 is 13.4. The van der Waals surface area contributed by atoms with Crippen molar-refractivity contribution in [1.29, 1.82) is 0 Å². The van der Waals surface area contributed by atoms with Crippen LogP contribution in [0.3, 0.4) is 0 Å². The van der Waals surface area contributed by atoms with Crippen molar-refractivity contribution < 1.29 is 14.3 Å². The maximum atomic E-state index is 12.7. The largest absolute Gasteiger partial charge is 0.377 e. The van der Waals surface area contributed by atoms with E-state index in [9.17, 15) is 9.59 Å². The van der Waals surface area contributed by atoms with Crippen molar-refractivity contribution in [3.8, 4) is 0 Å². The van der Waals surface area contributed by atoms with E-state index in [1.165, 1.54) is 16.7 Å². The highest BCUT2D eigenvalue weighted by Gasteiger charge is 2.45. The molecule has 3 heterocycles. The van der Waals surface area contributed by atoms with E-state index in [-0.39, 0.29) is 11.8 Å². The predicted molar refractivity (Wildman–Crippen MR) is 105 cm³/mol. The van der Waals surface area contributed by atoms with Crippen LogP contribution in [0.1, 0.15) is 0 Å². The number of anilines is 2. The number of fused-ring (bicyclic) bond motifs is 1. The van der Waals surface area contributed by atoms with Gasteiger partial charge < -0.3 is 20.3 Å². The topological polar surface area (TPSA) is 73.9 Å². The number of morpholine rings is 1. The first kappa shape index (κ1) is 17.6. The molecule has 0 aliphatic carbocycles. The first-order valence-corrected chi connectivity index (χ1v) is 9.78. The van der Waals surface area contributed by atoms with E-state index < -0.39 is 6.04 Å². The Hall–Kier alpha value is -1.81. The number of thiocarbonyl (C=S) groups is 1. The van der Waals surface area contributed by atoms with Gasteiger partial charge in [-0.25, -0.2) is 0 Å². The number of nitrogens with zero attached hydrogens (tertiary/aromatic N) is 2. The first-order chi connectivity index (χ1) is 12.6. The zero-order valence-corrected chi connectivity index (χ0v) is 15.9. The summed E-state index contributed by atoms with van der Waals surface area (Å²) in [7, 11) is 0. The molecule has 0 spiro atoms. The van der Waals surface area contributed by atoms with Gasteiger partial charge in [0.05, 0.1) is 29.8 Å². The van der Waals surface area contributed by atoms with Crippen LogP contribution < -0.4 is 15.5 Å². The predicted octanol–water partition coefficient (Wildman–Crippen LogP) is 1.75. The number of halogens is 1. The van der Waals surface area contributed by atoms with E-state index in [1.807, 2.05) is 4.90 Å². The number of carbonyl (C=O) groups is 2. The second kappa shape index (κ2) is 7.07. The van der Waals surface area contributed by atoms with Crippen molar-refractivity contribution in [2.24, 2.45) is 0 Å². The molecule has 0 aromatic heterocycles. The minimum absolute atomic E-state index is 0.147. The van der Waals surface area contributed by atoms with E-state index in [1.54, 1.807) is 23.6 Å². The smallest absolute Gasteiger partial charge is 0.272 e. The molecule has 2 fully saturated rings. The quantitative estimate of drug-likeness (QED) is 0.735. The summed E-state index contributed by atoms with van der Waals surface area (Å²) in [4.78, 5) is 28.2. The summed E-state index contributed by atoms with van der Waals surface area (Å²) in [6.07, 6.45) is 0. The van der Waals surface area contributed by atoms with E-state index in [2.05, 4.69) is 10.6 Å². The maximum absolute atomic E-state index is 12.7. The summed E-state index contributed by atoms with van der Waals surface area (Å²) in [5.74, 6) is 0.296. The van der Waals surface area contributed by atoms with E-state index in [0.717, 1.165) is 0 Å². The van der Waals surface area contributed by atoms with Gasteiger partial charge in [-0.1, -0.05) is 11.6 Å². The molecular formula is C16H15ClN4O3S2. The lowest BCUT2D eigenvalue weighted by Gasteiger charge is -2.28. The molecule has 2 N–H and O–H groups in total. The van der Waals surface area contributed by atoms with Gasteiger partial charge in [0.1, 0.15) is 11.7 Å². The molecule has 26 heavy (non-hydrogen) atoms. The number of hydrogen-bond donors (Lipinski definition) is 2. The monoisotopic (exact) mass is 410 g/mol. The highest BCUT2D eigenvalue weighted by molar-refractivity contribution is 8.02. The van der Waals surface area contributed by atoms with Gasteiger partial charge in [-0.05, 0) is 30.4 Å². The molecule has 0 saturated carbocycles. The number of ether oxygens (including phenoxy) is 1. The van der Waals surface area contributed by atoms with Crippen LogP contribution in [0.25, 0.3) is 0 Å². The fourth-order valence-corrected chi connectivity index (χ4v) is 4.37. The summed E-state index contributed by atoms with van der Waals surface area (Å²) in [5.41, 5.74) is 1.56. The Morgan fingerprint density at radius 3 is 3.00 bits per heavy atom. The number of rotatable bonds is 3. The third-order valence-electron chi connectivity index (χ3n) is 4.31. The number of hydrogen-bond acceptors (Lipinski definition) is 6. The molecule has 2 amide bonds. The molecule has 136 valence electrons. The van der Waals surface area contributed by atoms with E-state index in [0.29, 0.717) is 52.8 Å². The van der Waals surface area contributed by atoms with Gasteiger partial charge in [-0.2, -0.15) is 0 Å². The SMILES string of the molecule is O=C(Nc1ccc(N2C(=O)C3COCCN3C2=S)c(Cl)c1)C1=CSCN1. The van der Waals surface area contributed by atoms with Crippen LogP contribution in [-0.2, 0) is 14.3 Å². The molecular weight excluding hydrogens is 396 g/mol. The van der Waals surface area contributed by atoms with Crippen LogP contribution in [0.5, 0.6) is 0 Å². The lowest BCUT2D eigenvalue weighted by Crippen LogP contribution is -2.44. The highest BCUT2D eigenvalue weighted by Crippen LogP contribution is 2.34. The minimum Gasteiger partial charge on any atom is -0.377 e. The van der Waals surface area contributed by atoms with Crippen molar-refractivity contribution in [3.63, 3.8) is 0 Å². The number of thioether (sulfide) groups is 1. The maximum Gasteiger partial charge on any atom is 0.272 e. The van der Waals surface area contributed by atoms with Crippen LogP contribution >= 0.6 is 35.6 Å². The van der Waals surface area contributed by atoms with Crippen molar-refractivity contribution in [3.05, 3.63) is 34.3 Å². The molecule has 4 rings (SSSR count). The molecule has 0 bridgehead atoms. The van der Waals surface area contributed by atoms with Crippen molar-refractivity contribution >= 4 is 63.9 Å². The minimum atomic E-state index is -0.399. The Balaban J connectivity index is 1.55. The summed E-state index contributed by atoms with van der Waals surface area (Å²) < 4.78 is 5.39. The third-order valence-corrected chi connectivity index (χ3v) is 5.74. The molecule has 2 saturated heterocycles. The zero-order chi connectivity index (χ0) is 18.3. The fraction of sp³-hybridized carbons (Fsp3) is 0.312. The molecule has 0 radical (unpaired) electrons. The average molecular weight is 411 g/mol. The number of nitrogens with one attached hydrogen (secondary N) is 2. The normalized spacial score (nSPS) is 22.2. The molecule has 7 nitrogen and oxygen atoms in total. The van der Waals surface area contributed by atoms with Gasteiger partial charge in [0.15, 0.2) is 5.11 Å². The van der Waals surface area contributed by atoms with Gasteiger partial charge in [0, 0.05) is 17.6 Å². The molecule has 3 aliphatic heterocycles. The van der Waals surface area contributed by atoms with Gasteiger partial charge in [0.25, 0.3) is 11.8 Å². The Bertz CT molecular complexity index is 808. The van der Waals surface area contributed by atoms with Crippen LogP contribution in [0.15, 0.2) is 29.3 Å². The van der Waals surface area contributed by atoms with Gasteiger partial charge >= 0.3 is 0 Å². The molecule has 1 aromatic carbocycles. The molecule has 1 aromatic rings. The lowest BCUT2D eigenvalue weighted by molar-refractivity contribution is -0.123. The molecule has 10 heteroatoms. The van der Waals surface area contributed by atoms with Crippen molar-refractivity contribution in [1.82, 2.24) is 10.2 Å². The molecule has 1 unspecified atom stereocenters. The van der Waals surface area contributed by atoms with Gasteiger partial charge in [-0.3, -0.25) is 14.5 Å². The fourth-order valence-electron chi connectivity index (χ4n) is 3.02. The summed E-state index contributed by atoms with van der Waals surface area (Å²) in [6, 6.07) is 4.60. The van der Waals surface area contributed by atoms with Crippen LogP contribution in [0, 0.1) is 0 Å². The van der Waals surface area contributed by atoms with Crippen molar-refractivity contribution in [2.45, 2.75) is 6.04 Å². The van der Waals surface area contributed by atoms with E-state index >= 15 is 0 Å². The van der Waals surface area contributed by atoms with Crippen molar-refractivity contribution in [2.75, 3.05) is 35.9 Å². The molecule has 1 atom stereocenters. The second-order valence-electron chi connectivity index (χ2n) is 5.88. The number of amides is 2. The first-order valence-electron chi connectivity index (χ1n) is 7.95. The van der Waals surface area contributed by atoms with E-state index in [4.69, 9.17) is 28.6 Å². The summed E-state index contributed by atoms with van der Waals surface area (Å²) in [5, 5.41) is 8.29.